The van der Waals surface area contributed by atoms with Crippen LogP contribution in [0.3, 0.4) is 0 Å². The largest absolute Gasteiger partial charge is 0.444 e. The molecule has 0 radical (unpaired) electrons. The molecule has 1 aromatic rings. The second-order valence-corrected chi connectivity index (χ2v) is 7.30. The molecular formula is C18H29N3O2. The number of pyridine rings is 1. The van der Waals surface area contributed by atoms with Crippen LogP contribution < -0.4 is 5.32 Å². The van der Waals surface area contributed by atoms with E-state index >= 15 is 0 Å². The maximum absolute atomic E-state index is 12.1. The van der Waals surface area contributed by atoms with Crippen LogP contribution in [0.4, 0.5) is 4.79 Å². The van der Waals surface area contributed by atoms with E-state index in [0.29, 0.717) is 6.04 Å². The fourth-order valence-corrected chi connectivity index (χ4v) is 2.90. The van der Waals surface area contributed by atoms with Crippen LogP contribution in [0.2, 0.25) is 0 Å². The molecule has 0 aromatic carbocycles. The number of carbonyl (C=O) groups is 1. The molecule has 1 heterocycles. The molecule has 1 amide bonds. The second kappa shape index (κ2) is 7.77. The summed E-state index contributed by atoms with van der Waals surface area (Å²) in [6.45, 7) is 6.50. The van der Waals surface area contributed by atoms with Crippen molar-refractivity contribution in [3.63, 3.8) is 0 Å². The van der Waals surface area contributed by atoms with Crippen molar-refractivity contribution in [1.82, 2.24) is 15.2 Å². The minimum absolute atomic E-state index is 0.220. The molecule has 5 heteroatoms. The highest BCUT2D eigenvalue weighted by atomic mass is 16.6. The Bertz CT molecular complexity index is 491. The van der Waals surface area contributed by atoms with E-state index in [1.54, 1.807) is 4.90 Å². The molecule has 0 unspecified atom stereocenters. The quantitative estimate of drug-likeness (QED) is 0.924. The van der Waals surface area contributed by atoms with E-state index in [1.807, 2.05) is 52.2 Å². The first-order valence-corrected chi connectivity index (χ1v) is 8.44. The number of nitrogens with zero attached hydrogens (tertiary/aromatic N) is 2. The van der Waals surface area contributed by atoms with Crippen molar-refractivity contribution in [2.24, 2.45) is 0 Å². The average Bonchev–Trinajstić information content (AvgIpc) is 2.52. The van der Waals surface area contributed by atoms with Crippen molar-refractivity contribution in [2.75, 3.05) is 7.05 Å². The van der Waals surface area contributed by atoms with Gasteiger partial charge < -0.3 is 15.0 Å². The number of hydrogen-bond acceptors (Lipinski definition) is 4. The number of ether oxygens (including phenoxy) is 1. The lowest BCUT2D eigenvalue weighted by atomic mass is 9.90. The van der Waals surface area contributed by atoms with E-state index in [2.05, 4.69) is 10.3 Å². The minimum Gasteiger partial charge on any atom is -0.444 e. The van der Waals surface area contributed by atoms with Gasteiger partial charge in [-0.2, -0.15) is 0 Å². The first-order valence-electron chi connectivity index (χ1n) is 8.44. The van der Waals surface area contributed by atoms with Gasteiger partial charge in [-0.25, -0.2) is 4.79 Å². The predicted molar refractivity (Wildman–Crippen MR) is 91.1 cm³/mol. The molecule has 1 fully saturated rings. The van der Waals surface area contributed by atoms with E-state index < -0.39 is 5.60 Å². The molecule has 0 atom stereocenters. The molecule has 2 rings (SSSR count). The molecule has 1 aromatic heterocycles. The Morgan fingerprint density at radius 2 is 2.00 bits per heavy atom. The average molecular weight is 319 g/mol. The molecule has 23 heavy (non-hydrogen) atoms. The smallest absolute Gasteiger partial charge is 0.410 e. The minimum atomic E-state index is -0.438. The van der Waals surface area contributed by atoms with Crippen molar-refractivity contribution in [1.29, 1.82) is 0 Å². The highest BCUT2D eigenvalue weighted by Crippen LogP contribution is 2.24. The highest BCUT2D eigenvalue weighted by Gasteiger charge is 2.29. The van der Waals surface area contributed by atoms with Crippen molar-refractivity contribution in [3.05, 3.63) is 30.1 Å². The maximum Gasteiger partial charge on any atom is 0.410 e. The fraction of sp³-hybridized carbons (Fsp3) is 0.667. The Labute approximate surface area is 139 Å². The zero-order chi connectivity index (χ0) is 16.9. The highest BCUT2D eigenvalue weighted by molar-refractivity contribution is 5.68. The van der Waals surface area contributed by atoms with Crippen LogP contribution in [-0.2, 0) is 11.3 Å². The summed E-state index contributed by atoms with van der Waals surface area (Å²) in [6, 6.07) is 6.75. The number of aromatic nitrogens is 1. The van der Waals surface area contributed by atoms with Crippen LogP contribution in [0, 0.1) is 0 Å². The van der Waals surface area contributed by atoms with Gasteiger partial charge in [-0.15, -0.1) is 0 Å². The fourth-order valence-electron chi connectivity index (χ4n) is 2.90. The van der Waals surface area contributed by atoms with Crippen molar-refractivity contribution < 1.29 is 9.53 Å². The van der Waals surface area contributed by atoms with Crippen LogP contribution in [-0.4, -0.2) is 40.7 Å². The van der Waals surface area contributed by atoms with Gasteiger partial charge in [0.1, 0.15) is 5.60 Å². The third-order valence-electron chi connectivity index (χ3n) is 4.22. The van der Waals surface area contributed by atoms with Crippen LogP contribution in [0.1, 0.15) is 52.1 Å². The zero-order valence-corrected chi connectivity index (χ0v) is 14.7. The topological polar surface area (TPSA) is 54.5 Å². The molecule has 1 N–H and O–H groups in total. The third-order valence-corrected chi connectivity index (χ3v) is 4.22. The summed E-state index contributed by atoms with van der Waals surface area (Å²) in [4.78, 5) is 18.2. The summed E-state index contributed by atoms with van der Waals surface area (Å²) in [5, 5.41) is 3.57. The van der Waals surface area contributed by atoms with Crippen LogP contribution in [0.15, 0.2) is 24.4 Å². The van der Waals surface area contributed by atoms with E-state index in [1.165, 1.54) is 0 Å². The van der Waals surface area contributed by atoms with Gasteiger partial charge in [-0.1, -0.05) is 6.07 Å². The van der Waals surface area contributed by atoms with Gasteiger partial charge in [0, 0.05) is 31.9 Å². The normalized spacial score (nSPS) is 21.7. The first-order chi connectivity index (χ1) is 10.8. The van der Waals surface area contributed by atoms with Gasteiger partial charge in [0.05, 0.1) is 5.69 Å². The summed E-state index contributed by atoms with van der Waals surface area (Å²) in [7, 11) is 1.85. The van der Waals surface area contributed by atoms with Crippen LogP contribution in [0.5, 0.6) is 0 Å². The zero-order valence-electron chi connectivity index (χ0n) is 14.7. The van der Waals surface area contributed by atoms with E-state index in [4.69, 9.17) is 4.74 Å². The summed E-state index contributed by atoms with van der Waals surface area (Å²) in [6.07, 6.45) is 5.77. The lowest BCUT2D eigenvalue weighted by Crippen LogP contribution is -2.44. The summed E-state index contributed by atoms with van der Waals surface area (Å²) in [5.41, 5.74) is 0.632. The molecule has 0 aliphatic heterocycles. The third kappa shape index (κ3) is 5.82. The van der Waals surface area contributed by atoms with E-state index in [-0.39, 0.29) is 12.1 Å². The molecule has 1 aliphatic carbocycles. The van der Waals surface area contributed by atoms with Gasteiger partial charge in [0.15, 0.2) is 0 Å². The molecule has 1 saturated carbocycles. The number of hydrogen-bond donors (Lipinski definition) is 1. The summed E-state index contributed by atoms with van der Waals surface area (Å²) >= 11 is 0. The molecule has 1 aliphatic rings. The maximum atomic E-state index is 12.1. The van der Waals surface area contributed by atoms with Gasteiger partial charge in [-0.3, -0.25) is 4.98 Å². The van der Waals surface area contributed by atoms with Crippen molar-refractivity contribution in [3.8, 4) is 0 Å². The van der Waals surface area contributed by atoms with Gasteiger partial charge in [0.2, 0.25) is 0 Å². The van der Waals surface area contributed by atoms with Crippen molar-refractivity contribution in [2.45, 2.75) is 70.7 Å². The predicted octanol–water partition coefficient (Wildman–Crippen LogP) is 3.35. The molecule has 128 valence electrons. The molecule has 0 bridgehead atoms. The number of rotatable bonds is 4. The summed E-state index contributed by atoms with van der Waals surface area (Å²) < 4.78 is 5.45. The standard InChI is InChI=1S/C18H29N3O2/c1-18(2,3)23-17(22)21(4)16-10-8-14(9-11-16)20-13-15-7-5-6-12-19-15/h5-7,12,14,16,20H,8-11,13H2,1-4H3. The number of amides is 1. The van der Waals surface area contributed by atoms with E-state index in [0.717, 1.165) is 37.9 Å². The van der Waals surface area contributed by atoms with Gasteiger partial charge >= 0.3 is 6.09 Å². The van der Waals surface area contributed by atoms with Gasteiger partial charge in [-0.05, 0) is 58.6 Å². The monoisotopic (exact) mass is 319 g/mol. The number of carbonyl (C=O) groups excluding carboxylic acids is 1. The van der Waals surface area contributed by atoms with Crippen LogP contribution >= 0.6 is 0 Å². The Morgan fingerprint density at radius 3 is 2.57 bits per heavy atom. The lowest BCUT2D eigenvalue weighted by molar-refractivity contribution is 0.0179. The molecular weight excluding hydrogens is 290 g/mol. The van der Waals surface area contributed by atoms with Gasteiger partial charge in [0.25, 0.3) is 0 Å². The molecule has 5 nitrogen and oxygen atoms in total. The lowest BCUT2D eigenvalue weighted by Gasteiger charge is -2.35. The Balaban J connectivity index is 1.74. The Kier molecular flexibility index (Phi) is 5.99. The first kappa shape index (κ1) is 17.7. The molecule has 0 saturated heterocycles. The van der Waals surface area contributed by atoms with Crippen LogP contribution in [0.25, 0.3) is 0 Å². The Morgan fingerprint density at radius 1 is 1.30 bits per heavy atom. The van der Waals surface area contributed by atoms with E-state index in [9.17, 15) is 4.79 Å². The van der Waals surface area contributed by atoms with Crippen molar-refractivity contribution >= 4 is 6.09 Å². The SMILES string of the molecule is CN(C(=O)OC(C)(C)C)C1CCC(NCc2ccccn2)CC1. The second-order valence-electron chi connectivity index (χ2n) is 7.30. The Hall–Kier alpha value is -1.62. The molecule has 0 spiro atoms. The number of nitrogens with one attached hydrogen (secondary N) is 1. The summed E-state index contributed by atoms with van der Waals surface area (Å²) in [5.74, 6) is 0.